The summed E-state index contributed by atoms with van der Waals surface area (Å²) in [6.07, 6.45) is 1.13. The molecule has 0 aliphatic carbocycles. The number of hydrogen-bond acceptors (Lipinski definition) is 5. The van der Waals surface area contributed by atoms with E-state index in [0.717, 1.165) is 0 Å². The van der Waals surface area contributed by atoms with Gasteiger partial charge in [0.25, 0.3) is 0 Å². The van der Waals surface area contributed by atoms with E-state index in [2.05, 4.69) is 5.10 Å². The predicted octanol–water partition coefficient (Wildman–Crippen LogP) is 1.42. The van der Waals surface area contributed by atoms with Crippen LogP contribution in [0.15, 0.2) is 36.5 Å². The maximum absolute atomic E-state index is 12.2. The third-order valence-electron chi connectivity index (χ3n) is 3.61. The van der Waals surface area contributed by atoms with Crippen molar-refractivity contribution in [3.8, 4) is 11.8 Å². The maximum Gasteiger partial charge on any atom is 0.237 e. The van der Waals surface area contributed by atoms with Crippen molar-refractivity contribution in [1.82, 2.24) is 9.78 Å². The van der Waals surface area contributed by atoms with Crippen LogP contribution in [0.3, 0.4) is 0 Å². The third kappa shape index (κ3) is 2.81. The van der Waals surface area contributed by atoms with E-state index in [1.807, 2.05) is 12.1 Å². The van der Waals surface area contributed by atoms with Gasteiger partial charge in [-0.1, -0.05) is 18.2 Å². The molecule has 118 valence electrons. The summed E-state index contributed by atoms with van der Waals surface area (Å²) in [6, 6.07) is 10.9. The molecule has 0 N–H and O–H groups in total. The standard InChI is InChI=1S/C14H11ClN4O3S/c15-23(21,22)12-6-13(20)18(9-12)14-10(7-16)8-17-19(14)11-4-2-1-3-5-11/h1-5,8,12H,6,9H2. The first-order chi connectivity index (χ1) is 10.9. The van der Waals surface area contributed by atoms with Gasteiger partial charge in [0.2, 0.25) is 15.0 Å². The molecule has 1 atom stereocenters. The van der Waals surface area contributed by atoms with Gasteiger partial charge in [0.1, 0.15) is 16.9 Å². The van der Waals surface area contributed by atoms with Crippen LogP contribution in [0.5, 0.6) is 0 Å². The van der Waals surface area contributed by atoms with Crippen molar-refractivity contribution in [2.75, 3.05) is 11.4 Å². The number of carbonyl (C=O) groups excluding carboxylic acids is 1. The second-order valence-electron chi connectivity index (χ2n) is 5.05. The lowest BCUT2D eigenvalue weighted by molar-refractivity contribution is -0.117. The molecule has 3 rings (SSSR count). The number of carbonyl (C=O) groups is 1. The van der Waals surface area contributed by atoms with Crippen molar-refractivity contribution in [3.05, 3.63) is 42.1 Å². The van der Waals surface area contributed by atoms with Crippen LogP contribution in [0.1, 0.15) is 12.0 Å². The minimum absolute atomic E-state index is 0.0993. The van der Waals surface area contributed by atoms with Gasteiger partial charge < -0.3 is 0 Å². The Balaban J connectivity index is 2.08. The molecule has 7 nitrogen and oxygen atoms in total. The Hall–Kier alpha value is -2.37. The Bertz CT molecular complexity index is 902. The van der Waals surface area contributed by atoms with Crippen LogP contribution < -0.4 is 4.90 Å². The summed E-state index contributed by atoms with van der Waals surface area (Å²) in [4.78, 5) is 13.5. The van der Waals surface area contributed by atoms with Crippen LogP contribution in [0.25, 0.3) is 5.69 Å². The average molecular weight is 351 g/mol. The number of hydrogen-bond donors (Lipinski definition) is 0. The smallest absolute Gasteiger partial charge is 0.237 e. The topological polar surface area (TPSA) is 96.1 Å². The first kappa shape index (κ1) is 15.5. The van der Waals surface area contributed by atoms with Gasteiger partial charge in [-0.15, -0.1) is 0 Å². The molecular formula is C14H11ClN4O3S. The van der Waals surface area contributed by atoms with Crippen molar-refractivity contribution < 1.29 is 13.2 Å². The molecule has 0 radical (unpaired) electrons. The lowest BCUT2D eigenvalue weighted by Crippen LogP contribution is -2.29. The Morgan fingerprint density at radius 3 is 2.57 bits per heavy atom. The zero-order valence-corrected chi connectivity index (χ0v) is 13.3. The summed E-state index contributed by atoms with van der Waals surface area (Å²) >= 11 is 0. The molecule has 1 amide bonds. The average Bonchev–Trinajstić information content (AvgIpc) is 3.10. The van der Waals surface area contributed by atoms with Crippen molar-refractivity contribution in [2.24, 2.45) is 0 Å². The molecule has 1 saturated heterocycles. The van der Waals surface area contributed by atoms with E-state index in [0.29, 0.717) is 5.69 Å². The van der Waals surface area contributed by atoms with Crippen LogP contribution in [-0.4, -0.2) is 35.9 Å². The summed E-state index contributed by atoms with van der Waals surface area (Å²) in [6.45, 7) is -0.0993. The highest BCUT2D eigenvalue weighted by molar-refractivity contribution is 8.14. The van der Waals surface area contributed by atoms with Crippen LogP contribution in [-0.2, 0) is 13.8 Å². The van der Waals surface area contributed by atoms with Gasteiger partial charge in [-0.2, -0.15) is 10.4 Å². The van der Waals surface area contributed by atoms with E-state index in [4.69, 9.17) is 10.7 Å². The number of nitriles is 1. The molecule has 0 bridgehead atoms. The molecule has 1 aromatic carbocycles. The van der Waals surface area contributed by atoms with Gasteiger partial charge in [0, 0.05) is 23.6 Å². The van der Waals surface area contributed by atoms with E-state index in [1.54, 1.807) is 24.3 Å². The molecule has 1 aliphatic heterocycles. The van der Waals surface area contributed by atoms with Gasteiger partial charge in [-0.3, -0.25) is 9.69 Å². The highest BCUT2D eigenvalue weighted by Gasteiger charge is 2.40. The van der Waals surface area contributed by atoms with Crippen LogP contribution in [0.2, 0.25) is 0 Å². The molecule has 1 unspecified atom stereocenters. The van der Waals surface area contributed by atoms with Gasteiger partial charge in [0.05, 0.1) is 11.9 Å². The highest BCUT2D eigenvalue weighted by atomic mass is 35.7. The van der Waals surface area contributed by atoms with Crippen molar-refractivity contribution >= 4 is 31.5 Å². The fourth-order valence-electron chi connectivity index (χ4n) is 2.51. The van der Waals surface area contributed by atoms with E-state index < -0.39 is 20.2 Å². The summed E-state index contributed by atoms with van der Waals surface area (Å²) in [5.41, 5.74) is 0.851. The Morgan fingerprint density at radius 1 is 1.30 bits per heavy atom. The van der Waals surface area contributed by atoms with Gasteiger partial charge in [-0.25, -0.2) is 13.1 Å². The SMILES string of the molecule is N#Cc1cnn(-c2ccccc2)c1N1CC(S(=O)(=O)Cl)CC1=O. The fourth-order valence-corrected chi connectivity index (χ4v) is 3.53. The summed E-state index contributed by atoms with van der Waals surface area (Å²) in [5.74, 6) is -0.153. The number of benzene rings is 1. The number of para-hydroxylation sites is 1. The van der Waals surface area contributed by atoms with Crippen LogP contribution in [0, 0.1) is 11.3 Å². The number of amides is 1. The van der Waals surface area contributed by atoms with Crippen LogP contribution >= 0.6 is 10.7 Å². The van der Waals surface area contributed by atoms with Gasteiger partial charge >= 0.3 is 0 Å². The van der Waals surface area contributed by atoms with E-state index in [-0.39, 0.29) is 24.3 Å². The second-order valence-corrected chi connectivity index (χ2v) is 7.96. The van der Waals surface area contributed by atoms with Gasteiger partial charge in [0.15, 0.2) is 5.82 Å². The largest absolute Gasteiger partial charge is 0.294 e. The molecule has 23 heavy (non-hydrogen) atoms. The van der Waals surface area contributed by atoms with E-state index in [1.165, 1.54) is 15.8 Å². The molecule has 9 heteroatoms. The molecule has 1 aliphatic rings. The zero-order chi connectivity index (χ0) is 16.6. The lowest BCUT2D eigenvalue weighted by Gasteiger charge is -2.18. The summed E-state index contributed by atoms with van der Waals surface area (Å²) < 4.78 is 24.4. The van der Waals surface area contributed by atoms with Crippen molar-refractivity contribution in [1.29, 1.82) is 5.26 Å². The highest BCUT2D eigenvalue weighted by Crippen LogP contribution is 2.30. The molecule has 2 aromatic rings. The van der Waals surface area contributed by atoms with Crippen LogP contribution in [0.4, 0.5) is 5.82 Å². The lowest BCUT2D eigenvalue weighted by atomic mass is 10.3. The number of halogens is 1. The second kappa shape index (κ2) is 5.68. The van der Waals surface area contributed by atoms with Gasteiger partial charge in [-0.05, 0) is 12.1 Å². The van der Waals surface area contributed by atoms with Crippen molar-refractivity contribution in [2.45, 2.75) is 11.7 Å². The molecule has 1 fully saturated rings. The van der Waals surface area contributed by atoms with E-state index in [9.17, 15) is 18.5 Å². The summed E-state index contributed by atoms with van der Waals surface area (Å²) in [7, 11) is 1.51. The number of rotatable bonds is 3. The van der Waals surface area contributed by atoms with Crippen molar-refractivity contribution in [3.63, 3.8) is 0 Å². The fraction of sp³-hybridized carbons (Fsp3) is 0.214. The molecule has 0 spiro atoms. The Morgan fingerprint density at radius 2 is 2.00 bits per heavy atom. The predicted molar refractivity (Wildman–Crippen MR) is 83.8 cm³/mol. The minimum atomic E-state index is -3.86. The monoisotopic (exact) mass is 350 g/mol. The quantitative estimate of drug-likeness (QED) is 0.780. The normalized spacial score (nSPS) is 18.2. The first-order valence-corrected chi connectivity index (χ1v) is 9.06. The molecule has 0 saturated carbocycles. The Labute approximate surface area is 137 Å². The minimum Gasteiger partial charge on any atom is -0.294 e. The molecular weight excluding hydrogens is 340 g/mol. The maximum atomic E-state index is 12.2. The number of aromatic nitrogens is 2. The summed E-state index contributed by atoms with van der Waals surface area (Å²) in [5, 5.41) is 12.4. The van der Waals surface area contributed by atoms with E-state index >= 15 is 0 Å². The third-order valence-corrected chi connectivity index (χ3v) is 5.48. The first-order valence-electron chi connectivity index (χ1n) is 6.69. The number of anilines is 1. The number of nitrogens with zero attached hydrogens (tertiary/aromatic N) is 4. The zero-order valence-electron chi connectivity index (χ0n) is 11.8. The molecule has 1 aromatic heterocycles. The Kier molecular flexibility index (Phi) is 3.83. The molecule has 2 heterocycles.